The van der Waals surface area contributed by atoms with Crippen LogP contribution in [-0.2, 0) is 4.79 Å². The fourth-order valence-corrected chi connectivity index (χ4v) is 3.78. The van der Waals surface area contributed by atoms with Crippen LogP contribution in [0.5, 0.6) is 5.75 Å². The van der Waals surface area contributed by atoms with Gasteiger partial charge in [0.2, 0.25) is 5.91 Å². The van der Waals surface area contributed by atoms with Crippen molar-refractivity contribution in [2.45, 2.75) is 19.3 Å². The molecule has 3 amide bonds. The van der Waals surface area contributed by atoms with Gasteiger partial charge in [-0.1, -0.05) is 22.0 Å². The topological polar surface area (TPSA) is 98.7 Å². The molecule has 3 rings (SSSR count). The molecule has 1 aliphatic rings. The van der Waals surface area contributed by atoms with E-state index in [1.807, 2.05) is 12.1 Å². The van der Waals surface area contributed by atoms with Gasteiger partial charge in [-0.25, -0.2) is 0 Å². The summed E-state index contributed by atoms with van der Waals surface area (Å²) in [5.74, 6) is -0.325. The summed E-state index contributed by atoms with van der Waals surface area (Å²) in [5.41, 5.74) is 1.05. The Hall–Kier alpha value is -2.87. The molecule has 0 atom stereocenters. The lowest BCUT2D eigenvalue weighted by Gasteiger charge is -2.31. The second-order valence-electron chi connectivity index (χ2n) is 7.52. The summed E-state index contributed by atoms with van der Waals surface area (Å²) in [5, 5.41) is 15.1. The summed E-state index contributed by atoms with van der Waals surface area (Å²) >= 11 is 3.37. The minimum absolute atomic E-state index is 0.00458. The first-order valence-electron chi connectivity index (χ1n) is 10.3. The number of hydrogen-bond donors (Lipinski definition) is 3. The largest absolute Gasteiger partial charge is 0.508 e. The molecule has 8 heteroatoms. The summed E-state index contributed by atoms with van der Waals surface area (Å²) in [6, 6.07) is 13.4. The number of nitrogens with one attached hydrogen (secondary N) is 2. The Morgan fingerprint density at radius 2 is 1.65 bits per heavy atom. The number of rotatable bonds is 7. The molecular weight excluding hydrogens is 462 g/mol. The summed E-state index contributed by atoms with van der Waals surface area (Å²) in [6.07, 6.45) is 1.89. The SMILES string of the molecule is O=C(NCCCNC(=O)C1CCN(C(=O)c2ccc(Br)cc2)CC1)c1cccc(O)c1. The number of halogens is 1. The molecule has 31 heavy (non-hydrogen) atoms. The molecule has 3 N–H and O–H groups in total. The van der Waals surface area contributed by atoms with Gasteiger partial charge in [0.1, 0.15) is 5.75 Å². The number of carbonyl (C=O) groups is 3. The zero-order valence-corrected chi connectivity index (χ0v) is 18.7. The quantitative estimate of drug-likeness (QED) is 0.522. The molecule has 2 aromatic rings. The minimum Gasteiger partial charge on any atom is -0.508 e. The Kier molecular flexibility index (Phi) is 8.06. The van der Waals surface area contributed by atoms with Crippen LogP contribution >= 0.6 is 15.9 Å². The van der Waals surface area contributed by atoms with Gasteiger partial charge in [-0.05, 0) is 61.7 Å². The van der Waals surface area contributed by atoms with Gasteiger partial charge < -0.3 is 20.6 Å². The molecule has 2 aromatic carbocycles. The molecule has 1 aliphatic heterocycles. The van der Waals surface area contributed by atoms with E-state index in [2.05, 4.69) is 26.6 Å². The van der Waals surface area contributed by atoms with Crippen LogP contribution < -0.4 is 10.6 Å². The van der Waals surface area contributed by atoms with Crippen LogP contribution in [-0.4, -0.2) is 53.9 Å². The number of benzene rings is 2. The number of carbonyl (C=O) groups excluding carboxylic acids is 3. The Morgan fingerprint density at radius 3 is 2.32 bits per heavy atom. The van der Waals surface area contributed by atoms with Gasteiger partial charge >= 0.3 is 0 Å². The van der Waals surface area contributed by atoms with Crippen LogP contribution in [0.4, 0.5) is 0 Å². The fraction of sp³-hybridized carbons (Fsp3) is 0.348. The minimum atomic E-state index is -0.259. The maximum atomic E-state index is 12.6. The lowest BCUT2D eigenvalue weighted by Crippen LogP contribution is -2.43. The highest BCUT2D eigenvalue weighted by Gasteiger charge is 2.27. The van der Waals surface area contributed by atoms with Crippen molar-refractivity contribution in [1.29, 1.82) is 0 Å². The number of amides is 3. The van der Waals surface area contributed by atoms with Crippen molar-refractivity contribution in [3.8, 4) is 5.75 Å². The van der Waals surface area contributed by atoms with Gasteiger partial charge in [0.25, 0.3) is 11.8 Å². The van der Waals surface area contributed by atoms with Crippen molar-refractivity contribution in [2.75, 3.05) is 26.2 Å². The molecule has 0 saturated carbocycles. The van der Waals surface area contributed by atoms with Gasteiger partial charge in [-0.15, -0.1) is 0 Å². The van der Waals surface area contributed by atoms with E-state index in [0.717, 1.165) is 4.47 Å². The predicted molar refractivity (Wildman–Crippen MR) is 121 cm³/mol. The third-order valence-electron chi connectivity index (χ3n) is 5.29. The maximum Gasteiger partial charge on any atom is 0.253 e. The number of piperidine rings is 1. The number of hydrogen-bond acceptors (Lipinski definition) is 4. The number of phenols is 1. The summed E-state index contributed by atoms with van der Waals surface area (Å²) in [7, 11) is 0. The van der Waals surface area contributed by atoms with Gasteiger partial charge in [-0.3, -0.25) is 14.4 Å². The molecular formula is C23H26BrN3O4. The van der Waals surface area contributed by atoms with Crippen LogP contribution in [0.25, 0.3) is 0 Å². The van der Waals surface area contributed by atoms with E-state index < -0.39 is 0 Å². The summed E-state index contributed by atoms with van der Waals surface area (Å²) in [6.45, 7) is 2.02. The zero-order valence-electron chi connectivity index (χ0n) is 17.1. The average Bonchev–Trinajstić information content (AvgIpc) is 2.78. The fourth-order valence-electron chi connectivity index (χ4n) is 3.52. The number of nitrogens with zero attached hydrogens (tertiary/aromatic N) is 1. The van der Waals surface area contributed by atoms with Crippen LogP contribution in [0.1, 0.15) is 40.0 Å². The molecule has 0 bridgehead atoms. The highest BCUT2D eigenvalue weighted by atomic mass is 79.9. The maximum absolute atomic E-state index is 12.6. The Bertz CT molecular complexity index is 925. The van der Waals surface area contributed by atoms with E-state index >= 15 is 0 Å². The number of aromatic hydroxyl groups is 1. The summed E-state index contributed by atoms with van der Waals surface area (Å²) < 4.78 is 0.929. The van der Waals surface area contributed by atoms with Gasteiger partial charge in [0, 0.05) is 47.7 Å². The molecule has 1 heterocycles. The molecule has 0 unspecified atom stereocenters. The third-order valence-corrected chi connectivity index (χ3v) is 5.82. The highest BCUT2D eigenvalue weighted by molar-refractivity contribution is 9.10. The smallest absolute Gasteiger partial charge is 0.253 e. The van der Waals surface area contributed by atoms with Crippen molar-refractivity contribution in [3.05, 3.63) is 64.1 Å². The number of phenolic OH excluding ortho intramolecular Hbond substituents is 1. The third kappa shape index (κ3) is 6.55. The van der Waals surface area contributed by atoms with E-state index in [1.54, 1.807) is 29.2 Å². The first-order chi connectivity index (χ1) is 14.9. The molecule has 0 aromatic heterocycles. The molecule has 164 valence electrons. The second kappa shape index (κ2) is 10.9. The Morgan fingerprint density at radius 1 is 0.968 bits per heavy atom. The average molecular weight is 488 g/mol. The van der Waals surface area contributed by atoms with Crippen molar-refractivity contribution in [2.24, 2.45) is 5.92 Å². The first kappa shape index (κ1) is 22.8. The van der Waals surface area contributed by atoms with Crippen LogP contribution in [0, 0.1) is 5.92 Å². The Labute approximate surface area is 190 Å². The van der Waals surface area contributed by atoms with E-state index in [1.165, 1.54) is 12.1 Å². The lowest BCUT2D eigenvalue weighted by molar-refractivity contribution is -0.126. The van der Waals surface area contributed by atoms with E-state index in [4.69, 9.17) is 0 Å². The molecule has 0 radical (unpaired) electrons. The van der Waals surface area contributed by atoms with Gasteiger partial charge in [0.05, 0.1) is 0 Å². The first-order valence-corrected chi connectivity index (χ1v) is 11.1. The highest BCUT2D eigenvalue weighted by Crippen LogP contribution is 2.20. The monoisotopic (exact) mass is 487 g/mol. The predicted octanol–water partition coefficient (Wildman–Crippen LogP) is 2.94. The van der Waals surface area contributed by atoms with Crippen molar-refractivity contribution < 1.29 is 19.5 Å². The van der Waals surface area contributed by atoms with Crippen molar-refractivity contribution >= 4 is 33.7 Å². The number of likely N-dealkylation sites (tertiary alicyclic amines) is 1. The normalized spacial score (nSPS) is 14.2. The molecule has 1 saturated heterocycles. The van der Waals surface area contributed by atoms with Crippen molar-refractivity contribution in [1.82, 2.24) is 15.5 Å². The summed E-state index contributed by atoms with van der Waals surface area (Å²) in [4.78, 5) is 38.8. The zero-order chi connectivity index (χ0) is 22.2. The second-order valence-corrected chi connectivity index (χ2v) is 8.44. The van der Waals surface area contributed by atoms with E-state index in [9.17, 15) is 19.5 Å². The van der Waals surface area contributed by atoms with Crippen LogP contribution in [0.3, 0.4) is 0 Å². The van der Waals surface area contributed by atoms with E-state index in [0.29, 0.717) is 56.6 Å². The van der Waals surface area contributed by atoms with E-state index in [-0.39, 0.29) is 29.4 Å². The lowest BCUT2D eigenvalue weighted by atomic mass is 9.95. The standard InChI is InChI=1S/C23H26BrN3O4/c24-19-7-5-17(6-8-19)23(31)27-13-9-16(10-14-27)21(29)25-11-2-12-26-22(30)18-3-1-4-20(28)15-18/h1,3-8,15-16,28H,2,9-14H2,(H,25,29)(H,26,30). The molecule has 0 spiro atoms. The van der Waals surface area contributed by atoms with Crippen molar-refractivity contribution in [3.63, 3.8) is 0 Å². The van der Waals surface area contributed by atoms with Crippen LogP contribution in [0.2, 0.25) is 0 Å². The van der Waals surface area contributed by atoms with Crippen LogP contribution in [0.15, 0.2) is 53.0 Å². The van der Waals surface area contributed by atoms with Gasteiger partial charge in [-0.2, -0.15) is 0 Å². The Balaban J connectivity index is 1.33. The molecule has 1 fully saturated rings. The molecule has 0 aliphatic carbocycles. The molecule has 7 nitrogen and oxygen atoms in total. The van der Waals surface area contributed by atoms with Gasteiger partial charge in [0.15, 0.2) is 0 Å².